The average molecular weight is 550 g/mol. The van der Waals surface area contributed by atoms with Crippen LogP contribution < -0.4 is 5.32 Å². The minimum Gasteiger partial charge on any atom is -0.351 e. The zero-order valence-corrected chi connectivity index (χ0v) is 23.0. The molecule has 0 radical (unpaired) electrons. The molecule has 0 bridgehead atoms. The molecule has 11 heteroatoms. The van der Waals surface area contributed by atoms with Crippen molar-refractivity contribution in [3.8, 4) is 11.3 Å². The van der Waals surface area contributed by atoms with Crippen LogP contribution in [0.25, 0.3) is 22.3 Å². The lowest BCUT2D eigenvalue weighted by Gasteiger charge is -2.32. The molecule has 0 unspecified atom stereocenters. The fourth-order valence-corrected chi connectivity index (χ4v) is 6.31. The number of hydrogen-bond acceptors (Lipinski definition) is 7. The maximum atomic E-state index is 14.8. The Morgan fingerprint density at radius 3 is 2.45 bits per heavy atom. The summed E-state index contributed by atoms with van der Waals surface area (Å²) in [6.07, 6.45) is 5.19. The summed E-state index contributed by atoms with van der Waals surface area (Å²) in [5.41, 5.74) is 3.01. The van der Waals surface area contributed by atoms with Gasteiger partial charge in [0.15, 0.2) is 9.84 Å². The van der Waals surface area contributed by atoms with Crippen LogP contribution >= 0.6 is 0 Å². The molecule has 0 amide bonds. The zero-order valence-electron chi connectivity index (χ0n) is 22.1. The highest BCUT2D eigenvalue weighted by Gasteiger charge is 2.26. The molecular formula is C27H34F3N5O2S. The summed E-state index contributed by atoms with van der Waals surface area (Å²) < 4.78 is 65.4. The standard InChI is InChI=1S/C27H34F3N5O2S/c1-17-13-23(18-5-6-19(22(28)14-18)16-38(36,37)12-11-27(2,29)30)33-24-15-31-26(34-25(17)24)32-20-7-9-21(10-8-20)35(3)4/h5-6,13-15,20-21H,7-12,16H2,1-4H3,(H,31,32,34). The van der Waals surface area contributed by atoms with Crippen molar-refractivity contribution in [2.75, 3.05) is 25.2 Å². The maximum absolute atomic E-state index is 14.8. The number of sulfone groups is 1. The molecule has 0 spiro atoms. The van der Waals surface area contributed by atoms with Gasteiger partial charge in [-0.2, -0.15) is 0 Å². The lowest BCUT2D eigenvalue weighted by Crippen LogP contribution is -2.36. The van der Waals surface area contributed by atoms with Gasteiger partial charge in [0, 0.05) is 29.6 Å². The van der Waals surface area contributed by atoms with E-state index >= 15 is 0 Å². The number of fused-ring (bicyclic) bond motifs is 1. The molecule has 4 rings (SSSR count). The summed E-state index contributed by atoms with van der Waals surface area (Å²) in [5, 5.41) is 3.45. The first-order valence-corrected chi connectivity index (χ1v) is 14.6. The van der Waals surface area contributed by atoms with Crippen LogP contribution in [0.3, 0.4) is 0 Å². The Morgan fingerprint density at radius 2 is 1.82 bits per heavy atom. The second-order valence-corrected chi connectivity index (χ2v) is 12.8. The van der Waals surface area contributed by atoms with E-state index in [2.05, 4.69) is 39.3 Å². The van der Waals surface area contributed by atoms with Crippen molar-refractivity contribution in [3.05, 3.63) is 47.4 Å². The van der Waals surface area contributed by atoms with E-state index < -0.39 is 39.5 Å². The highest BCUT2D eigenvalue weighted by Crippen LogP contribution is 2.28. The van der Waals surface area contributed by atoms with Crippen molar-refractivity contribution in [1.82, 2.24) is 19.9 Å². The Bertz CT molecular complexity index is 1400. The highest BCUT2D eigenvalue weighted by atomic mass is 32.2. The molecule has 1 fully saturated rings. The Kier molecular flexibility index (Phi) is 8.27. The molecule has 3 aromatic rings. The predicted molar refractivity (Wildman–Crippen MR) is 144 cm³/mol. The van der Waals surface area contributed by atoms with Crippen molar-refractivity contribution >= 4 is 26.8 Å². The van der Waals surface area contributed by atoms with Gasteiger partial charge in [-0.25, -0.2) is 36.5 Å². The van der Waals surface area contributed by atoms with E-state index in [-0.39, 0.29) is 5.56 Å². The second-order valence-electron chi connectivity index (χ2n) is 10.6. The van der Waals surface area contributed by atoms with E-state index in [1.807, 2.05) is 6.92 Å². The molecule has 0 atom stereocenters. The third kappa shape index (κ3) is 7.19. The van der Waals surface area contributed by atoms with Crippen molar-refractivity contribution in [2.24, 2.45) is 0 Å². The summed E-state index contributed by atoms with van der Waals surface area (Å²) in [7, 11) is 0.342. The molecule has 1 aliphatic rings. The van der Waals surface area contributed by atoms with Gasteiger partial charge in [-0.1, -0.05) is 12.1 Å². The van der Waals surface area contributed by atoms with Crippen LogP contribution in [0.4, 0.5) is 19.1 Å². The normalized spacial score (nSPS) is 18.7. The minimum absolute atomic E-state index is 0.0654. The van der Waals surface area contributed by atoms with Gasteiger partial charge < -0.3 is 10.2 Å². The van der Waals surface area contributed by atoms with E-state index in [0.29, 0.717) is 47.2 Å². The second kappa shape index (κ2) is 11.1. The van der Waals surface area contributed by atoms with Gasteiger partial charge in [0.25, 0.3) is 0 Å². The zero-order chi connectivity index (χ0) is 27.7. The molecule has 1 N–H and O–H groups in total. The lowest BCUT2D eigenvalue weighted by molar-refractivity contribution is 0.0189. The fourth-order valence-electron chi connectivity index (χ4n) is 4.79. The Labute approximate surface area is 221 Å². The highest BCUT2D eigenvalue weighted by molar-refractivity contribution is 7.90. The maximum Gasteiger partial charge on any atom is 0.246 e. The molecule has 1 aliphatic carbocycles. The first kappa shape index (κ1) is 28.2. The predicted octanol–water partition coefficient (Wildman–Crippen LogP) is 5.38. The van der Waals surface area contributed by atoms with Crippen LogP contribution in [0.2, 0.25) is 0 Å². The lowest BCUT2D eigenvalue weighted by atomic mass is 9.91. The first-order chi connectivity index (χ1) is 17.8. The number of aromatic nitrogens is 3. The van der Waals surface area contributed by atoms with Gasteiger partial charge in [-0.05, 0) is 71.3 Å². The van der Waals surface area contributed by atoms with Crippen molar-refractivity contribution < 1.29 is 21.6 Å². The molecule has 1 saturated carbocycles. The molecule has 0 aliphatic heterocycles. The van der Waals surface area contributed by atoms with Crippen LogP contribution in [0.15, 0.2) is 30.5 Å². The summed E-state index contributed by atoms with van der Waals surface area (Å²) in [5.74, 6) is -4.62. The fraction of sp³-hybridized carbons (Fsp3) is 0.519. The van der Waals surface area contributed by atoms with E-state index in [0.717, 1.165) is 31.2 Å². The average Bonchev–Trinajstić information content (AvgIpc) is 2.84. The number of aryl methyl sites for hydroxylation is 1. The quantitative estimate of drug-likeness (QED) is 0.383. The molecule has 2 heterocycles. The van der Waals surface area contributed by atoms with Crippen molar-refractivity contribution in [3.63, 3.8) is 0 Å². The number of hydrogen-bond donors (Lipinski definition) is 1. The van der Waals surface area contributed by atoms with Gasteiger partial charge in [0.1, 0.15) is 11.3 Å². The van der Waals surface area contributed by atoms with E-state index in [4.69, 9.17) is 0 Å². The van der Waals surface area contributed by atoms with E-state index in [1.54, 1.807) is 18.3 Å². The van der Waals surface area contributed by atoms with Gasteiger partial charge in [-0.15, -0.1) is 0 Å². The summed E-state index contributed by atoms with van der Waals surface area (Å²) in [6.45, 7) is 2.56. The third-order valence-electron chi connectivity index (χ3n) is 7.07. The number of alkyl halides is 2. The van der Waals surface area contributed by atoms with E-state index in [1.165, 1.54) is 12.1 Å². The smallest absolute Gasteiger partial charge is 0.246 e. The SMILES string of the molecule is Cc1cc(-c2ccc(CS(=O)(=O)CCC(C)(F)F)c(F)c2)nc2cnc(NC3CCC(N(C)C)CC3)nc12. The molecule has 2 aromatic heterocycles. The monoisotopic (exact) mass is 549 g/mol. The summed E-state index contributed by atoms with van der Waals surface area (Å²) in [6, 6.07) is 6.88. The largest absolute Gasteiger partial charge is 0.351 e. The third-order valence-corrected chi connectivity index (χ3v) is 8.65. The van der Waals surface area contributed by atoms with Crippen molar-refractivity contribution in [2.45, 2.75) is 69.7 Å². The topological polar surface area (TPSA) is 88.1 Å². The van der Waals surface area contributed by atoms with Crippen LogP contribution in [0.1, 0.15) is 50.2 Å². The van der Waals surface area contributed by atoms with Gasteiger partial charge >= 0.3 is 0 Å². The number of pyridine rings is 1. The molecule has 0 saturated heterocycles. The molecular weight excluding hydrogens is 515 g/mol. The van der Waals surface area contributed by atoms with Gasteiger partial charge in [0.05, 0.1) is 28.9 Å². The Balaban J connectivity index is 1.49. The summed E-state index contributed by atoms with van der Waals surface area (Å²) >= 11 is 0. The van der Waals surface area contributed by atoms with Crippen LogP contribution in [0, 0.1) is 12.7 Å². The Hall–Kier alpha value is -2.79. The molecule has 1 aromatic carbocycles. The van der Waals surface area contributed by atoms with Gasteiger partial charge in [-0.3, -0.25) is 0 Å². The van der Waals surface area contributed by atoms with Crippen LogP contribution in [-0.4, -0.2) is 66.1 Å². The van der Waals surface area contributed by atoms with E-state index in [9.17, 15) is 21.6 Å². The van der Waals surface area contributed by atoms with Gasteiger partial charge in [0.2, 0.25) is 11.9 Å². The number of anilines is 1. The van der Waals surface area contributed by atoms with Crippen LogP contribution in [0.5, 0.6) is 0 Å². The number of rotatable bonds is 9. The Morgan fingerprint density at radius 1 is 1.11 bits per heavy atom. The molecule has 206 valence electrons. The number of nitrogens with one attached hydrogen (secondary N) is 1. The van der Waals surface area contributed by atoms with Crippen molar-refractivity contribution in [1.29, 1.82) is 0 Å². The molecule has 38 heavy (non-hydrogen) atoms. The minimum atomic E-state index is -3.89. The molecule has 7 nitrogen and oxygen atoms in total. The number of nitrogens with zero attached hydrogens (tertiary/aromatic N) is 4. The van der Waals surface area contributed by atoms with Crippen LogP contribution in [-0.2, 0) is 15.6 Å². The number of benzene rings is 1. The first-order valence-electron chi connectivity index (χ1n) is 12.7. The summed E-state index contributed by atoms with van der Waals surface area (Å²) in [4.78, 5) is 16.0. The number of halogens is 3.